The molecule has 172 valence electrons. The number of carbonyl (C=O) groups is 1. The van der Waals surface area contributed by atoms with Crippen molar-refractivity contribution in [2.45, 2.75) is 57.0 Å². The second-order valence-corrected chi connectivity index (χ2v) is 10.3. The molecule has 1 aromatic rings. The van der Waals surface area contributed by atoms with E-state index in [0.29, 0.717) is 23.9 Å². The van der Waals surface area contributed by atoms with Gasteiger partial charge in [0, 0.05) is 60.1 Å². The van der Waals surface area contributed by atoms with Crippen LogP contribution in [0, 0.1) is 5.92 Å². The first-order chi connectivity index (χ1) is 14.6. The Labute approximate surface area is 212 Å². The summed E-state index contributed by atoms with van der Waals surface area (Å²) < 4.78 is 0. The van der Waals surface area contributed by atoms with Crippen LogP contribution in [0.2, 0.25) is 5.02 Å². The Balaban J connectivity index is 0.00000272. The molecule has 0 spiro atoms. The fraction of sp³-hybridized carbons (Fsp3) is 0.652. The maximum Gasteiger partial charge on any atom is 0.225 e. The van der Waals surface area contributed by atoms with E-state index in [2.05, 4.69) is 39.6 Å². The lowest BCUT2D eigenvalue weighted by atomic mass is 9.85. The van der Waals surface area contributed by atoms with Gasteiger partial charge in [0.25, 0.3) is 0 Å². The van der Waals surface area contributed by atoms with E-state index in [0.717, 1.165) is 74.2 Å². The summed E-state index contributed by atoms with van der Waals surface area (Å²) in [6, 6.07) is 8.98. The number of aliphatic imine (C=N–C) groups is 1. The van der Waals surface area contributed by atoms with Crippen molar-refractivity contribution in [3.05, 3.63) is 34.9 Å². The first-order valence-electron chi connectivity index (χ1n) is 11.3. The van der Waals surface area contributed by atoms with E-state index < -0.39 is 0 Å². The third-order valence-corrected chi connectivity index (χ3v) is 7.62. The third kappa shape index (κ3) is 6.90. The van der Waals surface area contributed by atoms with Gasteiger partial charge in [0.15, 0.2) is 5.96 Å². The molecule has 31 heavy (non-hydrogen) atoms. The Kier molecular flexibility index (Phi) is 9.65. The number of hydrogen-bond donors (Lipinski definition) is 2. The summed E-state index contributed by atoms with van der Waals surface area (Å²) in [5.74, 6) is 4.18. The van der Waals surface area contributed by atoms with E-state index in [1.165, 1.54) is 5.56 Å². The van der Waals surface area contributed by atoms with Crippen molar-refractivity contribution < 1.29 is 4.79 Å². The fourth-order valence-electron chi connectivity index (χ4n) is 4.65. The highest BCUT2D eigenvalue weighted by molar-refractivity contribution is 14.0. The smallest absolute Gasteiger partial charge is 0.225 e. The van der Waals surface area contributed by atoms with Gasteiger partial charge >= 0.3 is 0 Å². The minimum Gasteiger partial charge on any atom is -0.354 e. The summed E-state index contributed by atoms with van der Waals surface area (Å²) in [6.45, 7) is 4.67. The largest absolute Gasteiger partial charge is 0.354 e. The van der Waals surface area contributed by atoms with Crippen LogP contribution in [0.1, 0.15) is 50.5 Å². The quantitative estimate of drug-likeness (QED) is 0.308. The van der Waals surface area contributed by atoms with E-state index in [1.807, 2.05) is 23.9 Å². The molecule has 1 saturated heterocycles. The highest BCUT2D eigenvalue weighted by Crippen LogP contribution is 2.41. The van der Waals surface area contributed by atoms with E-state index >= 15 is 0 Å². The minimum atomic E-state index is 0. The van der Waals surface area contributed by atoms with Gasteiger partial charge in [-0.2, -0.15) is 11.8 Å². The molecule has 2 saturated carbocycles. The van der Waals surface area contributed by atoms with Crippen LogP contribution in [-0.2, 0) is 4.79 Å². The standard InChI is InChI=1S/C23H33ClN4OS.HI/c1-2-25-23(27-21-15-20(21)17-4-3-5-18(24)14-17)26-19-8-6-16(7-9-19)22(29)28-10-12-30-13-11-28;/h3-5,14,16,19-21H,2,6-13,15H2,1H3,(H2,25,26,27);1H. The summed E-state index contributed by atoms with van der Waals surface area (Å²) >= 11 is 8.10. The Bertz CT molecular complexity index is 766. The maximum atomic E-state index is 12.8. The lowest BCUT2D eigenvalue weighted by Crippen LogP contribution is -2.48. The van der Waals surface area contributed by atoms with Crippen molar-refractivity contribution in [1.82, 2.24) is 15.5 Å². The molecular weight excluding hydrogens is 543 g/mol. The van der Waals surface area contributed by atoms with Crippen molar-refractivity contribution >= 4 is 59.2 Å². The van der Waals surface area contributed by atoms with Crippen LogP contribution in [0.3, 0.4) is 0 Å². The first kappa shape index (κ1) is 25.0. The minimum absolute atomic E-state index is 0. The molecule has 4 rings (SSSR count). The van der Waals surface area contributed by atoms with Gasteiger partial charge in [-0.1, -0.05) is 23.7 Å². The molecule has 2 N–H and O–H groups in total. The second kappa shape index (κ2) is 12.0. The summed E-state index contributed by atoms with van der Waals surface area (Å²) in [4.78, 5) is 19.5. The van der Waals surface area contributed by atoms with E-state index in [4.69, 9.17) is 11.6 Å². The number of guanidine groups is 1. The average Bonchev–Trinajstić information content (AvgIpc) is 3.54. The van der Waals surface area contributed by atoms with E-state index in [-0.39, 0.29) is 29.9 Å². The van der Waals surface area contributed by atoms with Gasteiger partial charge in [0.1, 0.15) is 0 Å². The molecule has 2 unspecified atom stereocenters. The lowest BCUT2D eigenvalue weighted by molar-refractivity contribution is -0.136. The molecule has 2 aliphatic carbocycles. The van der Waals surface area contributed by atoms with Gasteiger partial charge in [0.05, 0.1) is 0 Å². The summed E-state index contributed by atoms with van der Waals surface area (Å²) in [5, 5.41) is 8.05. The number of halogens is 2. The van der Waals surface area contributed by atoms with Crippen molar-refractivity contribution in [2.75, 3.05) is 31.1 Å². The summed E-state index contributed by atoms with van der Waals surface area (Å²) in [7, 11) is 0. The molecule has 8 heteroatoms. The first-order valence-corrected chi connectivity index (χ1v) is 12.9. The third-order valence-electron chi connectivity index (χ3n) is 6.45. The molecule has 1 aliphatic heterocycles. The Morgan fingerprint density at radius 2 is 1.94 bits per heavy atom. The molecule has 3 fully saturated rings. The van der Waals surface area contributed by atoms with Crippen LogP contribution in [0.15, 0.2) is 29.3 Å². The highest BCUT2D eigenvalue weighted by atomic mass is 127. The molecule has 5 nitrogen and oxygen atoms in total. The molecule has 2 atom stereocenters. The molecule has 0 bridgehead atoms. The Morgan fingerprint density at radius 3 is 2.61 bits per heavy atom. The molecule has 1 aromatic carbocycles. The topological polar surface area (TPSA) is 56.7 Å². The number of rotatable bonds is 5. The van der Waals surface area contributed by atoms with Gasteiger partial charge in [0.2, 0.25) is 5.91 Å². The van der Waals surface area contributed by atoms with Gasteiger partial charge in [-0.05, 0) is 56.7 Å². The molecule has 0 aromatic heterocycles. The molecule has 1 amide bonds. The van der Waals surface area contributed by atoms with Crippen molar-refractivity contribution in [3.63, 3.8) is 0 Å². The lowest BCUT2D eigenvalue weighted by Gasteiger charge is -2.34. The fourth-order valence-corrected chi connectivity index (χ4v) is 5.75. The molecule has 0 radical (unpaired) electrons. The predicted octanol–water partition coefficient (Wildman–Crippen LogP) is 4.50. The second-order valence-electron chi connectivity index (χ2n) is 8.60. The number of nitrogens with one attached hydrogen (secondary N) is 2. The average molecular weight is 577 g/mol. The van der Waals surface area contributed by atoms with Crippen LogP contribution in [0.25, 0.3) is 0 Å². The van der Waals surface area contributed by atoms with Crippen molar-refractivity contribution in [1.29, 1.82) is 0 Å². The number of benzene rings is 1. The summed E-state index contributed by atoms with van der Waals surface area (Å²) in [6.07, 6.45) is 5.14. The van der Waals surface area contributed by atoms with Gasteiger partial charge in [-0.15, -0.1) is 24.0 Å². The Hall–Kier alpha value is -0.670. The SMILES string of the molecule is CCN=C(NC1CCC(C(=O)N2CCSCC2)CC1)NC1CC1c1cccc(Cl)c1.I. The summed E-state index contributed by atoms with van der Waals surface area (Å²) in [5.41, 5.74) is 1.30. The van der Waals surface area contributed by atoms with Crippen LogP contribution in [0.5, 0.6) is 0 Å². The van der Waals surface area contributed by atoms with Gasteiger partial charge in [-0.3, -0.25) is 9.79 Å². The molecule has 1 heterocycles. The van der Waals surface area contributed by atoms with Crippen LogP contribution >= 0.6 is 47.3 Å². The Morgan fingerprint density at radius 1 is 1.19 bits per heavy atom. The number of amides is 1. The van der Waals surface area contributed by atoms with Crippen LogP contribution in [-0.4, -0.2) is 60.0 Å². The van der Waals surface area contributed by atoms with Crippen LogP contribution < -0.4 is 10.6 Å². The number of thioether (sulfide) groups is 1. The zero-order valence-electron chi connectivity index (χ0n) is 18.2. The monoisotopic (exact) mass is 576 g/mol. The van der Waals surface area contributed by atoms with E-state index in [1.54, 1.807) is 0 Å². The van der Waals surface area contributed by atoms with Crippen molar-refractivity contribution in [2.24, 2.45) is 10.9 Å². The molecular formula is C23H34ClIN4OS. The number of nitrogens with zero attached hydrogens (tertiary/aromatic N) is 2. The number of hydrogen-bond acceptors (Lipinski definition) is 3. The zero-order chi connectivity index (χ0) is 20.9. The highest BCUT2D eigenvalue weighted by Gasteiger charge is 2.39. The predicted molar refractivity (Wildman–Crippen MR) is 142 cm³/mol. The van der Waals surface area contributed by atoms with Gasteiger partial charge in [-0.25, -0.2) is 0 Å². The molecule has 3 aliphatic rings. The van der Waals surface area contributed by atoms with Crippen LogP contribution in [0.4, 0.5) is 0 Å². The maximum absolute atomic E-state index is 12.8. The van der Waals surface area contributed by atoms with E-state index in [9.17, 15) is 4.79 Å². The van der Waals surface area contributed by atoms with Crippen molar-refractivity contribution in [3.8, 4) is 0 Å². The normalized spacial score (nSPS) is 28.5. The zero-order valence-corrected chi connectivity index (χ0v) is 22.1. The van der Waals surface area contributed by atoms with Gasteiger partial charge < -0.3 is 15.5 Å². The number of carbonyl (C=O) groups excluding carboxylic acids is 1.